The monoisotopic (exact) mass is 297 g/mol. The van der Waals surface area contributed by atoms with Crippen molar-refractivity contribution in [1.82, 2.24) is 5.32 Å². The molecule has 4 heteroatoms. The van der Waals surface area contributed by atoms with E-state index in [4.69, 9.17) is 4.42 Å². The molecule has 17 heavy (non-hydrogen) atoms. The quantitative estimate of drug-likeness (QED) is 0.926. The third-order valence-electron chi connectivity index (χ3n) is 2.58. The van der Waals surface area contributed by atoms with Crippen LogP contribution in [-0.2, 0) is 0 Å². The lowest BCUT2D eigenvalue weighted by molar-refractivity contribution is 0.550. The zero-order valence-corrected chi connectivity index (χ0v) is 11.0. The molecule has 2 nitrogen and oxygen atoms in total. The second-order valence-corrected chi connectivity index (χ2v) is 4.48. The van der Waals surface area contributed by atoms with Crippen molar-refractivity contribution in [3.63, 3.8) is 0 Å². The molecule has 0 fully saturated rings. The molecule has 1 N–H and O–H groups in total. The predicted molar refractivity (Wildman–Crippen MR) is 68.3 cm³/mol. The van der Waals surface area contributed by atoms with Gasteiger partial charge >= 0.3 is 0 Å². The highest BCUT2D eigenvalue weighted by molar-refractivity contribution is 9.10. The predicted octanol–water partition coefficient (Wildman–Crippen LogP) is 3.88. The molecule has 1 atom stereocenters. The van der Waals surface area contributed by atoms with Crippen molar-refractivity contribution in [2.45, 2.75) is 13.0 Å². The van der Waals surface area contributed by atoms with Gasteiger partial charge < -0.3 is 9.73 Å². The molecule has 0 saturated carbocycles. The molecule has 0 spiro atoms. The van der Waals surface area contributed by atoms with Crippen LogP contribution in [0.4, 0.5) is 4.39 Å². The van der Waals surface area contributed by atoms with E-state index in [0.29, 0.717) is 4.47 Å². The lowest BCUT2D eigenvalue weighted by atomic mass is 10.0. The van der Waals surface area contributed by atoms with Crippen molar-refractivity contribution >= 4 is 15.9 Å². The number of nitrogens with one attached hydrogen (secondary N) is 1. The van der Waals surface area contributed by atoms with Crippen LogP contribution in [0.5, 0.6) is 0 Å². The lowest BCUT2D eigenvalue weighted by Gasteiger charge is -2.18. The molecule has 0 aliphatic rings. The maximum absolute atomic E-state index is 13.5. The summed E-state index contributed by atoms with van der Waals surface area (Å²) >= 11 is 3.29. The van der Waals surface area contributed by atoms with Crippen LogP contribution in [0.1, 0.15) is 24.1 Å². The topological polar surface area (TPSA) is 25.2 Å². The molecule has 1 aromatic carbocycles. The Labute approximate surface area is 108 Å². The minimum atomic E-state index is -0.256. The standard InChI is InChI=1S/C13H13BrFNO/c1-2-16-13(9-6-7-17-8-9)10-4-3-5-11(15)12(10)14/h3-8,13,16H,2H2,1H3. The van der Waals surface area contributed by atoms with E-state index in [9.17, 15) is 4.39 Å². The number of hydrogen-bond acceptors (Lipinski definition) is 2. The molecule has 2 rings (SSSR count). The molecule has 1 aromatic heterocycles. The number of benzene rings is 1. The Morgan fingerprint density at radius 1 is 1.41 bits per heavy atom. The van der Waals surface area contributed by atoms with Crippen LogP contribution in [-0.4, -0.2) is 6.54 Å². The van der Waals surface area contributed by atoms with Crippen LogP contribution in [0.2, 0.25) is 0 Å². The summed E-state index contributed by atoms with van der Waals surface area (Å²) in [5, 5.41) is 3.31. The van der Waals surface area contributed by atoms with Gasteiger partial charge in [-0.25, -0.2) is 4.39 Å². The zero-order chi connectivity index (χ0) is 12.3. The first kappa shape index (κ1) is 12.3. The van der Waals surface area contributed by atoms with Crippen molar-refractivity contribution < 1.29 is 8.81 Å². The third-order valence-corrected chi connectivity index (χ3v) is 3.41. The van der Waals surface area contributed by atoms with Gasteiger partial charge in [-0.05, 0) is 40.2 Å². The fourth-order valence-corrected chi connectivity index (χ4v) is 2.29. The highest BCUT2D eigenvalue weighted by Crippen LogP contribution is 2.30. The minimum Gasteiger partial charge on any atom is -0.472 e. The lowest BCUT2D eigenvalue weighted by Crippen LogP contribution is -2.22. The summed E-state index contributed by atoms with van der Waals surface area (Å²) in [4.78, 5) is 0. The summed E-state index contributed by atoms with van der Waals surface area (Å²) < 4.78 is 19.1. The average molecular weight is 298 g/mol. The zero-order valence-electron chi connectivity index (χ0n) is 9.41. The maximum Gasteiger partial charge on any atom is 0.137 e. The molecule has 0 amide bonds. The third kappa shape index (κ3) is 2.58. The van der Waals surface area contributed by atoms with Crippen molar-refractivity contribution in [2.75, 3.05) is 6.54 Å². The number of rotatable bonds is 4. The molecule has 1 unspecified atom stereocenters. The average Bonchev–Trinajstić information content (AvgIpc) is 2.84. The Morgan fingerprint density at radius 3 is 2.88 bits per heavy atom. The first-order valence-electron chi connectivity index (χ1n) is 5.43. The van der Waals surface area contributed by atoms with E-state index in [2.05, 4.69) is 21.2 Å². The highest BCUT2D eigenvalue weighted by Gasteiger charge is 2.18. The summed E-state index contributed by atoms with van der Waals surface area (Å²) in [6.07, 6.45) is 3.29. The van der Waals surface area contributed by atoms with E-state index in [1.165, 1.54) is 6.07 Å². The van der Waals surface area contributed by atoms with Gasteiger partial charge in [0.2, 0.25) is 0 Å². The van der Waals surface area contributed by atoms with Crippen molar-refractivity contribution in [1.29, 1.82) is 0 Å². The molecule has 2 aromatic rings. The first-order valence-corrected chi connectivity index (χ1v) is 6.22. The number of furan rings is 1. The molecule has 0 aliphatic heterocycles. The largest absolute Gasteiger partial charge is 0.472 e. The normalized spacial score (nSPS) is 12.6. The van der Waals surface area contributed by atoms with Crippen molar-refractivity contribution in [3.8, 4) is 0 Å². The molecule has 0 radical (unpaired) electrons. The van der Waals surface area contributed by atoms with E-state index < -0.39 is 0 Å². The molecule has 0 bridgehead atoms. The molecule has 90 valence electrons. The van der Waals surface area contributed by atoms with E-state index >= 15 is 0 Å². The van der Waals surface area contributed by atoms with Crippen LogP contribution in [0.3, 0.4) is 0 Å². The Morgan fingerprint density at radius 2 is 2.24 bits per heavy atom. The van der Waals surface area contributed by atoms with Crippen LogP contribution in [0, 0.1) is 5.82 Å². The smallest absolute Gasteiger partial charge is 0.137 e. The van der Waals surface area contributed by atoms with E-state index in [0.717, 1.165) is 17.7 Å². The fourth-order valence-electron chi connectivity index (χ4n) is 1.79. The van der Waals surface area contributed by atoms with Gasteiger partial charge in [0.15, 0.2) is 0 Å². The summed E-state index contributed by atoms with van der Waals surface area (Å²) in [5.41, 5.74) is 1.85. The maximum atomic E-state index is 13.5. The summed E-state index contributed by atoms with van der Waals surface area (Å²) in [6.45, 7) is 2.80. The number of halogens is 2. The highest BCUT2D eigenvalue weighted by atomic mass is 79.9. The minimum absolute atomic E-state index is 0.0659. The van der Waals surface area contributed by atoms with Gasteiger partial charge in [0, 0.05) is 5.56 Å². The first-order chi connectivity index (χ1) is 8.24. The Hall–Kier alpha value is -1.13. The molecule has 1 heterocycles. The van der Waals surface area contributed by atoms with Gasteiger partial charge in [-0.3, -0.25) is 0 Å². The summed E-state index contributed by atoms with van der Waals surface area (Å²) in [6, 6.07) is 6.85. The second-order valence-electron chi connectivity index (χ2n) is 3.69. The summed E-state index contributed by atoms with van der Waals surface area (Å²) in [5.74, 6) is -0.256. The van der Waals surface area contributed by atoms with Crippen LogP contribution in [0.15, 0.2) is 45.7 Å². The van der Waals surface area contributed by atoms with Crippen molar-refractivity contribution in [3.05, 3.63) is 58.2 Å². The Kier molecular flexibility index (Phi) is 3.97. The van der Waals surface area contributed by atoms with E-state index in [1.807, 2.05) is 19.1 Å². The van der Waals surface area contributed by atoms with E-state index in [1.54, 1.807) is 18.6 Å². The van der Waals surface area contributed by atoms with Crippen LogP contribution in [0.25, 0.3) is 0 Å². The SMILES string of the molecule is CCNC(c1ccoc1)c1cccc(F)c1Br. The van der Waals surface area contributed by atoms with Gasteiger partial charge in [-0.15, -0.1) is 0 Å². The number of hydrogen-bond donors (Lipinski definition) is 1. The van der Waals surface area contributed by atoms with Gasteiger partial charge in [0.1, 0.15) is 5.82 Å². The molecule has 0 aliphatic carbocycles. The second kappa shape index (κ2) is 5.47. The Bertz CT molecular complexity index is 484. The molecule has 0 saturated heterocycles. The van der Waals surface area contributed by atoms with E-state index in [-0.39, 0.29) is 11.9 Å². The van der Waals surface area contributed by atoms with Gasteiger partial charge in [-0.2, -0.15) is 0 Å². The summed E-state index contributed by atoms with van der Waals surface area (Å²) in [7, 11) is 0. The van der Waals surface area contributed by atoms with Crippen molar-refractivity contribution in [2.24, 2.45) is 0 Å². The fraction of sp³-hybridized carbons (Fsp3) is 0.231. The Balaban J connectivity index is 2.43. The molecular formula is C13H13BrFNO. The molecular weight excluding hydrogens is 285 g/mol. The van der Waals surface area contributed by atoms with Gasteiger partial charge in [0.05, 0.1) is 23.0 Å². The van der Waals surface area contributed by atoms with Crippen LogP contribution >= 0.6 is 15.9 Å². The van der Waals surface area contributed by atoms with Gasteiger partial charge in [0.25, 0.3) is 0 Å². The van der Waals surface area contributed by atoms with Crippen LogP contribution < -0.4 is 5.32 Å². The van der Waals surface area contributed by atoms with Gasteiger partial charge in [-0.1, -0.05) is 19.1 Å².